The largest absolute Gasteiger partial charge is 0.384 e. The van der Waals surface area contributed by atoms with Crippen LogP contribution in [0.1, 0.15) is 23.2 Å². The zero-order valence-electron chi connectivity index (χ0n) is 10.6. The van der Waals surface area contributed by atoms with E-state index in [1.807, 2.05) is 29.2 Å². The molecule has 0 N–H and O–H groups in total. The van der Waals surface area contributed by atoms with Gasteiger partial charge in [-0.2, -0.15) is 0 Å². The molecule has 0 unspecified atom stereocenters. The molecule has 0 aliphatic carbocycles. The molecule has 2 rings (SSSR count). The van der Waals surface area contributed by atoms with Gasteiger partial charge in [-0.3, -0.25) is 4.79 Å². The van der Waals surface area contributed by atoms with Gasteiger partial charge in [0.2, 0.25) is 0 Å². The molecule has 1 aliphatic heterocycles. The van der Waals surface area contributed by atoms with Crippen molar-refractivity contribution >= 4 is 21.8 Å². The lowest BCUT2D eigenvalue weighted by Crippen LogP contribution is -2.39. The molecule has 4 heteroatoms. The van der Waals surface area contributed by atoms with E-state index in [-0.39, 0.29) is 5.91 Å². The molecular weight excluding hydrogens is 294 g/mol. The zero-order valence-corrected chi connectivity index (χ0v) is 12.1. The van der Waals surface area contributed by atoms with Crippen molar-refractivity contribution in [1.29, 1.82) is 0 Å². The second kappa shape index (κ2) is 6.34. The van der Waals surface area contributed by atoms with Crippen molar-refractivity contribution in [3.05, 3.63) is 34.3 Å². The van der Waals surface area contributed by atoms with E-state index in [2.05, 4.69) is 15.9 Å². The van der Waals surface area contributed by atoms with Crippen molar-refractivity contribution in [2.75, 3.05) is 26.8 Å². The average Bonchev–Trinajstić information content (AvgIpc) is 2.39. The van der Waals surface area contributed by atoms with E-state index in [1.165, 1.54) is 0 Å². The van der Waals surface area contributed by atoms with Crippen LogP contribution in [0.2, 0.25) is 0 Å². The fourth-order valence-corrected chi connectivity index (χ4v) is 2.74. The first kappa shape index (κ1) is 13.6. The van der Waals surface area contributed by atoms with Gasteiger partial charge in [0, 0.05) is 36.8 Å². The first-order chi connectivity index (χ1) is 8.70. The van der Waals surface area contributed by atoms with E-state index in [0.717, 1.165) is 42.6 Å². The molecule has 1 aromatic rings. The summed E-state index contributed by atoms with van der Waals surface area (Å²) in [6.07, 6.45) is 2.07. The quantitative estimate of drug-likeness (QED) is 0.859. The molecule has 1 amide bonds. The van der Waals surface area contributed by atoms with Crippen LogP contribution in [0.15, 0.2) is 28.7 Å². The maximum absolute atomic E-state index is 12.3. The molecule has 98 valence electrons. The van der Waals surface area contributed by atoms with Crippen LogP contribution in [0.4, 0.5) is 0 Å². The number of carbonyl (C=O) groups excluding carboxylic acids is 1. The third-order valence-electron chi connectivity index (χ3n) is 3.38. The SMILES string of the molecule is COCC1CCN(C(=O)c2cccc(Br)c2)CC1. The maximum Gasteiger partial charge on any atom is 0.253 e. The number of carbonyl (C=O) groups is 1. The van der Waals surface area contributed by atoms with Crippen molar-refractivity contribution in [2.24, 2.45) is 5.92 Å². The highest BCUT2D eigenvalue weighted by molar-refractivity contribution is 9.10. The lowest BCUT2D eigenvalue weighted by molar-refractivity contribution is 0.0613. The Balaban J connectivity index is 1.95. The monoisotopic (exact) mass is 311 g/mol. The molecule has 18 heavy (non-hydrogen) atoms. The van der Waals surface area contributed by atoms with E-state index < -0.39 is 0 Å². The Morgan fingerprint density at radius 3 is 2.78 bits per heavy atom. The van der Waals surface area contributed by atoms with Gasteiger partial charge in [0.1, 0.15) is 0 Å². The molecule has 0 spiro atoms. The predicted molar refractivity (Wildman–Crippen MR) is 74.6 cm³/mol. The maximum atomic E-state index is 12.3. The minimum Gasteiger partial charge on any atom is -0.384 e. The summed E-state index contributed by atoms with van der Waals surface area (Å²) in [5.74, 6) is 0.730. The lowest BCUT2D eigenvalue weighted by atomic mass is 9.97. The number of piperidine rings is 1. The van der Waals surface area contributed by atoms with E-state index >= 15 is 0 Å². The van der Waals surface area contributed by atoms with E-state index in [9.17, 15) is 4.79 Å². The van der Waals surface area contributed by atoms with Crippen molar-refractivity contribution in [1.82, 2.24) is 4.90 Å². The number of amides is 1. The summed E-state index contributed by atoms with van der Waals surface area (Å²) < 4.78 is 6.11. The Morgan fingerprint density at radius 1 is 1.44 bits per heavy atom. The van der Waals surface area contributed by atoms with Crippen LogP contribution in [-0.4, -0.2) is 37.6 Å². The van der Waals surface area contributed by atoms with Gasteiger partial charge >= 0.3 is 0 Å². The molecule has 1 aromatic carbocycles. The third kappa shape index (κ3) is 3.33. The van der Waals surface area contributed by atoms with Crippen molar-refractivity contribution in [3.63, 3.8) is 0 Å². The Bertz CT molecular complexity index is 414. The number of halogens is 1. The van der Waals surface area contributed by atoms with Crippen LogP contribution < -0.4 is 0 Å². The third-order valence-corrected chi connectivity index (χ3v) is 3.87. The molecule has 0 aromatic heterocycles. The standard InChI is InChI=1S/C14H18BrNO2/c1-18-10-11-5-7-16(8-6-11)14(17)12-3-2-4-13(15)9-12/h2-4,9,11H,5-8,10H2,1H3. The molecule has 1 saturated heterocycles. The van der Waals surface area contributed by atoms with Crippen LogP contribution in [-0.2, 0) is 4.74 Å². The summed E-state index contributed by atoms with van der Waals surface area (Å²) >= 11 is 3.40. The summed E-state index contributed by atoms with van der Waals surface area (Å²) in [6.45, 7) is 2.47. The van der Waals surface area contributed by atoms with Crippen molar-refractivity contribution in [2.45, 2.75) is 12.8 Å². The molecular formula is C14H18BrNO2. The number of methoxy groups -OCH3 is 1. The zero-order chi connectivity index (χ0) is 13.0. The Kier molecular flexibility index (Phi) is 4.78. The molecule has 0 atom stereocenters. The summed E-state index contributed by atoms with van der Waals surface area (Å²) in [5, 5.41) is 0. The minimum absolute atomic E-state index is 0.132. The summed E-state index contributed by atoms with van der Waals surface area (Å²) in [4.78, 5) is 14.2. The highest BCUT2D eigenvalue weighted by atomic mass is 79.9. The van der Waals surface area contributed by atoms with Crippen LogP contribution in [0.25, 0.3) is 0 Å². The molecule has 1 aliphatic rings. The first-order valence-electron chi connectivity index (χ1n) is 6.24. The number of likely N-dealkylation sites (tertiary alicyclic amines) is 1. The smallest absolute Gasteiger partial charge is 0.253 e. The van der Waals surface area contributed by atoms with Gasteiger partial charge in [-0.05, 0) is 37.0 Å². The van der Waals surface area contributed by atoms with Gasteiger partial charge in [0.15, 0.2) is 0 Å². The molecule has 3 nitrogen and oxygen atoms in total. The highest BCUT2D eigenvalue weighted by Crippen LogP contribution is 2.20. The van der Waals surface area contributed by atoms with Crippen molar-refractivity contribution < 1.29 is 9.53 Å². The molecule has 0 saturated carbocycles. The van der Waals surface area contributed by atoms with Gasteiger partial charge in [-0.25, -0.2) is 0 Å². The average molecular weight is 312 g/mol. The Labute approximate surface area is 116 Å². The van der Waals surface area contributed by atoms with Crippen LogP contribution in [0.5, 0.6) is 0 Å². The predicted octanol–water partition coefficient (Wildman–Crippen LogP) is 2.95. The first-order valence-corrected chi connectivity index (χ1v) is 7.04. The second-order valence-electron chi connectivity index (χ2n) is 4.70. The topological polar surface area (TPSA) is 29.5 Å². The van der Waals surface area contributed by atoms with E-state index in [4.69, 9.17) is 4.74 Å². The van der Waals surface area contributed by atoms with Gasteiger partial charge in [-0.15, -0.1) is 0 Å². The number of hydrogen-bond donors (Lipinski definition) is 0. The highest BCUT2D eigenvalue weighted by Gasteiger charge is 2.23. The lowest BCUT2D eigenvalue weighted by Gasteiger charge is -2.31. The second-order valence-corrected chi connectivity index (χ2v) is 5.62. The summed E-state index contributed by atoms with van der Waals surface area (Å²) in [5.41, 5.74) is 0.759. The molecule has 1 heterocycles. The van der Waals surface area contributed by atoms with Crippen LogP contribution >= 0.6 is 15.9 Å². The molecule has 0 bridgehead atoms. The number of nitrogens with zero attached hydrogens (tertiary/aromatic N) is 1. The van der Waals surface area contributed by atoms with E-state index in [0.29, 0.717) is 5.92 Å². The summed E-state index contributed by atoms with van der Waals surface area (Å²) in [7, 11) is 1.74. The van der Waals surface area contributed by atoms with Gasteiger partial charge in [0.05, 0.1) is 0 Å². The fraction of sp³-hybridized carbons (Fsp3) is 0.500. The number of benzene rings is 1. The van der Waals surface area contributed by atoms with Gasteiger partial charge in [-0.1, -0.05) is 22.0 Å². The molecule has 0 radical (unpaired) electrons. The number of hydrogen-bond acceptors (Lipinski definition) is 2. The van der Waals surface area contributed by atoms with Gasteiger partial charge < -0.3 is 9.64 Å². The Morgan fingerprint density at radius 2 is 2.17 bits per heavy atom. The Hall–Kier alpha value is -0.870. The number of ether oxygens (including phenoxy) is 1. The van der Waals surface area contributed by atoms with Crippen LogP contribution in [0, 0.1) is 5.92 Å². The minimum atomic E-state index is 0.132. The fourth-order valence-electron chi connectivity index (χ4n) is 2.34. The molecule has 1 fully saturated rings. The normalized spacial score (nSPS) is 16.9. The van der Waals surface area contributed by atoms with Crippen molar-refractivity contribution in [3.8, 4) is 0 Å². The van der Waals surface area contributed by atoms with Gasteiger partial charge in [0.25, 0.3) is 5.91 Å². The number of rotatable bonds is 3. The van der Waals surface area contributed by atoms with E-state index in [1.54, 1.807) is 7.11 Å². The summed E-state index contributed by atoms with van der Waals surface area (Å²) in [6, 6.07) is 7.58. The van der Waals surface area contributed by atoms with Crippen LogP contribution in [0.3, 0.4) is 0 Å².